The molecule has 0 aliphatic heterocycles. The van der Waals surface area contributed by atoms with Crippen molar-refractivity contribution in [2.24, 2.45) is 5.73 Å². The van der Waals surface area contributed by atoms with Crippen LogP contribution in [-0.2, 0) is 4.79 Å². The second-order valence-electron chi connectivity index (χ2n) is 1.53. The second-order valence-corrected chi connectivity index (χ2v) is 1.53. The Kier molecular flexibility index (Phi) is 2.78. The number of carboxylic acids is 1. The van der Waals surface area contributed by atoms with E-state index in [-0.39, 0.29) is 5.01 Å². The van der Waals surface area contributed by atoms with Crippen molar-refractivity contribution in [3.05, 3.63) is 10.1 Å². The number of aliphatic carboxylic acids is 1. The molecule has 0 fully saturated rings. The monoisotopic (exact) mass is 163 g/mol. The zero-order valence-corrected chi connectivity index (χ0v) is 5.26. The molecule has 0 saturated carbocycles. The summed E-state index contributed by atoms with van der Waals surface area (Å²) in [5.41, 5.74) is 4.47. The fourth-order valence-electron chi connectivity index (χ4n) is 0.344. The maximum absolute atomic E-state index is 10.1. The molecule has 0 aromatic carbocycles. The van der Waals surface area contributed by atoms with Crippen molar-refractivity contribution in [3.8, 4) is 0 Å². The minimum absolute atomic E-state index is 0.206. The number of hydrogen-bond donors (Lipinski definition) is 2. The van der Waals surface area contributed by atoms with Crippen LogP contribution in [0, 0.1) is 10.1 Å². The fraction of sp³-hybridized carbons (Fsp3) is 0.333. The Morgan fingerprint density at radius 1 is 1.64 bits per heavy atom. The standard InChI is InChI=1S/C3H5N3O5/c4-3(9)5(6(10)11)1-2(7)8/h1H2,(H2,4,9)(H,7,8). The van der Waals surface area contributed by atoms with Gasteiger partial charge in [-0.15, -0.1) is 0 Å². The predicted molar refractivity (Wildman–Crippen MR) is 30.9 cm³/mol. The number of carboxylic acid groups (broad SMARTS) is 1. The van der Waals surface area contributed by atoms with Crippen LogP contribution < -0.4 is 5.73 Å². The zero-order valence-electron chi connectivity index (χ0n) is 5.26. The van der Waals surface area contributed by atoms with Crippen LogP contribution in [0.25, 0.3) is 0 Å². The molecule has 0 aliphatic carbocycles. The molecule has 2 amide bonds. The second kappa shape index (κ2) is 3.34. The predicted octanol–water partition coefficient (Wildman–Crippen LogP) is -1.36. The third-order valence-electron chi connectivity index (χ3n) is 0.737. The molecule has 0 atom stereocenters. The van der Waals surface area contributed by atoms with Crippen LogP contribution in [-0.4, -0.2) is 33.7 Å². The van der Waals surface area contributed by atoms with E-state index >= 15 is 0 Å². The van der Waals surface area contributed by atoms with Crippen molar-refractivity contribution in [3.63, 3.8) is 0 Å². The minimum atomic E-state index is -1.50. The molecule has 0 unspecified atom stereocenters. The van der Waals surface area contributed by atoms with Crippen LogP contribution in [0.1, 0.15) is 0 Å². The summed E-state index contributed by atoms with van der Waals surface area (Å²) in [6.07, 6.45) is 0. The van der Waals surface area contributed by atoms with E-state index in [1.165, 1.54) is 0 Å². The lowest BCUT2D eigenvalue weighted by molar-refractivity contribution is -0.629. The molecule has 8 heteroatoms. The highest BCUT2D eigenvalue weighted by Crippen LogP contribution is 1.86. The summed E-state index contributed by atoms with van der Waals surface area (Å²) in [7, 11) is 0. The first-order valence-electron chi connectivity index (χ1n) is 2.38. The number of hydrazine groups is 1. The van der Waals surface area contributed by atoms with E-state index in [1.54, 1.807) is 0 Å². The summed E-state index contributed by atoms with van der Waals surface area (Å²) in [4.78, 5) is 29.8. The van der Waals surface area contributed by atoms with Crippen LogP contribution in [0.3, 0.4) is 0 Å². The first kappa shape index (κ1) is 9.14. The van der Waals surface area contributed by atoms with Crippen molar-refractivity contribution in [1.29, 1.82) is 0 Å². The average Bonchev–Trinajstić information content (AvgIpc) is 1.81. The maximum Gasteiger partial charge on any atom is 0.373 e. The van der Waals surface area contributed by atoms with Gasteiger partial charge in [0.1, 0.15) is 0 Å². The van der Waals surface area contributed by atoms with Crippen LogP contribution in [0.15, 0.2) is 0 Å². The Hall–Kier alpha value is -1.86. The van der Waals surface area contributed by atoms with Crippen LogP contribution in [0.4, 0.5) is 4.79 Å². The molecule has 0 rings (SSSR count). The molecule has 0 bridgehead atoms. The SMILES string of the molecule is NC(=O)N(CC(=O)O)[N+](=O)[O-]. The molecular weight excluding hydrogens is 158 g/mol. The van der Waals surface area contributed by atoms with Gasteiger partial charge in [-0.25, -0.2) is 14.9 Å². The quantitative estimate of drug-likeness (QED) is 0.392. The van der Waals surface area contributed by atoms with Crippen LogP contribution in [0.5, 0.6) is 0 Å². The van der Waals surface area contributed by atoms with Gasteiger partial charge in [-0.05, 0) is 5.01 Å². The van der Waals surface area contributed by atoms with Crippen molar-refractivity contribution >= 4 is 12.0 Å². The average molecular weight is 163 g/mol. The van der Waals surface area contributed by atoms with Gasteiger partial charge in [0.15, 0.2) is 11.6 Å². The van der Waals surface area contributed by atoms with E-state index in [1.807, 2.05) is 0 Å². The Morgan fingerprint density at radius 3 is 2.18 bits per heavy atom. The highest BCUT2D eigenvalue weighted by molar-refractivity contribution is 5.77. The number of nitrogens with zero attached hydrogens (tertiary/aromatic N) is 2. The molecule has 0 saturated heterocycles. The number of rotatable bonds is 3. The summed E-state index contributed by atoms with van der Waals surface area (Å²) in [6.45, 7) is -1.04. The third kappa shape index (κ3) is 2.98. The molecule has 0 heterocycles. The maximum atomic E-state index is 10.1. The number of carbonyl (C=O) groups is 2. The fourth-order valence-corrected chi connectivity index (χ4v) is 0.344. The largest absolute Gasteiger partial charge is 0.480 e. The normalized spacial score (nSPS) is 8.73. The van der Waals surface area contributed by atoms with Crippen molar-refractivity contribution in [2.45, 2.75) is 0 Å². The molecule has 0 aromatic rings. The lowest BCUT2D eigenvalue weighted by Crippen LogP contribution is -2.43. The van der Waals surface area contributed by atoms with Gasteiger partial charge in [0.2, 0.25) is 0 Å². The van der Waals surface area contributed by atoms with Crippen LogP contribution in [0.2, 0.25) is 0 Å². The summed E-state index contributed by atoms with van der Waals surface area (Å²) in [5, 5.41) is 16.5. The smallest absolute Gasteiger partial charge is 0.373 e. The lowest BCUT2D eigenvalue weighted by Gasteiger charge is -2.04. The van der Waals surface area contributed by atoms with Crippen molar-refractivity contribution in [2.75, 3.05) is 6.54 Å². The van der Waals surface area contributed by atoms with Gasteiger partial charge in [-0.2, -0.15) is 0 Å². The molecule has 0 radical (unpaired) electrons. The van der Waals surface area contributed by atoms with Gasteiger partial charge < -0.3 is 10.8 Å². The van der Waals surface area contributed by atoms with Gasteiger partial charge >= 0.3 is 12.0 Å². The van der Waals surface area contributed by atoms with E-state index < -0.39 is 23.6 Å². The molecule has 0 aliphatic rings. The number of carbonyl (C=O) groups excluding carboxylic acids is 1. The summed E-state index contributed by atoms with van der Waals surface area (Å²) in [6, 6.07) is -1.41. The van der Waals surface area contributed by atoms with Crippen molar-refractivity contribution in [1.82, 2.24) is 5.01 Å². The van der Waals surface area contributed by atoms with Crippen molar-refractivity contribution < 1.29 is 19.7 Å². The lowest BCUT2D eigenvalue weighted by atomic mass is 10.6. The molecule has 0 spiro atoms. The first-order valence-corrected chi connectivity index (χ1v) is 2.38. The van der Waals surface area contributed by atoms with Gasteiger partial charge in [0.05, 0.1) is 0 Å². The molecule has 62 valence electrons. The molecule has 8 nitrogen and oxygen atoms in total. The van der Waals surface area contributed by atoms with Gasteiger partial charge in [-0.1, -0.05) is 0 Å². The van der Waals surface area contributed by atoms with E-state index in [4.69, 9.17) is 5.11 Å². The number of urea groups is 1. The van der Waals surface area contributed by atoms with Gasteiger partial charge in [0, 0.05) is 0 Å². The molecule has 11 heavy (non-hydrogen) atoms. The third-order valence-corrected chi connectivity index (χ3v) is 0.737. The van der Waals surface area contributed by atoms with Crippen LogP contribution >= 0.6 is 0 Å². The number of amides is 2. The Balaban J connectivity index is 4.23. The summed E-state index contributed by atoms with van der Waals surface area (Å²) < 4.78 is 0. The minimum Gasteiger partial charge on any atom is -0.480 e. The number of nitro groups is 1. The van der Waals surface area contributed by atoms with E-state index in [0.29, 0.717) is 0 Å². The number of hydrogen-bond acceptors (Lipinski definition) is 4. The van der Waals surface area contributed by atoms with E-state index in [2.05, 4.69) is 5.73 Å². The topological polar surface area (TPSA) is 127 Å². The number of nitrogens with two attached hydrogens (primary N) is 1. The number of primary amides is 1. The Morgan fingerprint density at radius 2 is 2.09 bits per heavy atom. The van der Waals surface area contributed by atoms with E-state index in [9.17, 15) is 19.7 Å². The zero-order chi connectivity index (χ0) is 9.02. The molecule has 3 N–H and O–H groups in total. The molecular formula is C3H5N3O5. The summed E-state index contributed by atoms with van der Waals surface area (Å²) >= 11 is 0. The van der Waals surface area contributed by atoms with Gasteiger partial charge in [0.25, 0.3) is 0 Å². The van der Waals surface area contributed by atoms with Gasteiger partial charge in [-0.3, -0.25) is 4.79 Å². The Labute approximate surface area is 60.3 Å². The molecule has 0 aromatic heterocycles. The summed E-state index contributed by atoms with van der Waals surface area (Å²) in [5.74, 6) is -1.50. The first-order chi connectivity index (χ1) is 4.95. The van der Waals surface area contributed by atoms with E-state index in [0.717, 1.165) is 0 Å². The Bertz CT molecular complexity index is 187. The highest BCUT2D eigenvalue weighted by atomic mass is 16.7. The highest BCUT2D eigenvalue weighted by Gasteiger charge is 2.23.